The number of nitrogens with zero attached hydrogens (tertiary/aromatic N) is 1. The SMILES string of the molecule is CC(C)OC(=O)[C@H]1CC2COc3ccccc3C2N1C. The molecule has 1 aromatic rings. The molecule has 2 heterocycles. The Morgan fingerprint density at radius 2 is 2.15 bits per heavy atom. The Labute approximate surface area is 119 Å². The molecule has 3 atom stereocenters. The van der Waals surface area contributed by atoms with E-state index in [-0.39, 0.29) is 24.2 Å². The number of ether oxygens (including phenoxy) is 2. The highest BCUT2D eigenvalue weighted by atomic mass is 16.5. The summed E-state index contributed by atoms with van der Waals surface area (Å²) in [4.78, 5) is 14.4. The van der Waals surface area contributed by atoms with Crippen LogP contribution in [0.2, 0.25) is 0 Å². The number of carbonyl (C=O) groups is 1. The van der Waals surface area contributed by atoms with Crippen molar-refractivity contribution in [3.05, 3.63) is 29.8 Å². The molecule has 4 heteroatoms. The summed E-state index contributed by atoms with van der Waals surface area (Å²) in [6.07, 6.45) is 0.739. The van der Waals surface area contributed by atoms with Gasteiger partial charge in [-0.05, 0) is 33.4 Å². The number of likely N-dealkylation sites (N-methyl/N-ethyl adjacent to an activating group) is 1. The zero-order valence-electron chi connectivity index (χ0n) is 12.2. The van der Waals surface area contributed by atoms with Crippen LogP contribution in [0.3, 0.4) is 0 Å². The van der Waals surface area contributed by atoms with E-state index in [4.69, 9.17) is 9.47 Å². The Morgan fingerprint density at radius 1 is 1.40 bits per heavy atom. The lowest BCUT2D eigenvalue weighted by Gasteiger charge is -2.32. The Morgan fingerprint density at radius 3 is 2.90 bits per heavy atom. The quantitative estimate of drug-likeness (QED) is 0.777. The third-order valence-corrected chi connectivity index (χ3v) is 4.22. The van der Waals surface area contributed by atoms with Crippen LogP contribution >= 0.6 is 0 Å². The van der Waals surface area contributed by atoms with E-state index in [9.17, 15) is 4.79 Å². The summed E-state index contributed by atoms with van der Waals surface area (Å²) in [6, 6.07) is 8.20. The highest BCUT2D eigenvalue weighted by molar-refractivity contribution is 5.76. The van der Waals surface area contributed by atoms with Gasteiger partial charge in [0, 0.05) is 17.5 Å². The predicted octanol–water partition coefficient (Wildman–Crippen LogP) is 2.39. The number of carbonyl (C=O) groups excluding carboxylic acids is 1. The lowest BCUT2D eigenvalue weighted by molar-refractivity contribution is -0.152. The molecule has 3 rings (SSSR count). The molecule has 0 amide bonds. The van der Waals surface area contributed by atoms with E-state index in [1.165, 1.54) is 5.56 Å². The van der Waals surface area contributed by atoms with Gasteiger partial charge in [0.2, 0.25) is 0 Å². The van der Waals surface area contributed by atoms with Crippen LogP contribution < -0.4 is 4.74 Å². The minimum Gasteiger partial charge on any atom is -0.493 e. The zero-order valence-corrected chi connectivity index (χ0v) is 12.2. The second-order valence-corrected chi connectivity index (χ2v) is 5.96. The molecule has 108 valence electrons. The van der Waals surface area contributed by atoms with Crippen LogP contribution in [-0.4, -0.2) is 36.7 Å². The van der Waals surface area contributed by atoms with Crippen molar-refractivity contribution in [3.63, 3.8) is 0 Å². The predicted molar refractivity (Wildman–Crippen MR) is 75.6 cm³/mol. The fourth-order valence-electron chi connectivity index (χ4n) is 3.37. The summed E-state index contributed by atoms with van der Waals surface area (Å²) in [7, 11) is 2.01. The number of para-hydroxylation sites is 1. The average Bonchev–Trinajstić information content (AvgIpc) is 2.76. The standard InChI is InChI=1S/C16H21NO3/c1-10(2)20-16(18)13-8-11-9-19-14-7-5-4-6-12(14)15(11)17(13)3/h4-7,10-11,13,15H,8-9H2,1-3H3/t11?,13-,15?/m1/s1. The van der Waals surface area contributed by atoms with Gasteiger partial charge in [-0.15, -0.1) is 0 Å². The smallest absolute Gasteiger partial charge is 0.323 e. The largest absolute Gasteiger partial charge is 0.493 e. The molecular formula is C16H21NO3. The van der Waals surface area contributed by atoms with Gasteiger partial charge in [-0.1, -0.05) is 18.2 Å². The van der Waals surface area contributed by atoms with Gasteiger partial charge in [0.15, 0.2) is 0 Å². The maximum atomic E-state index is 12.2. The molecule has 0 aliphatic carbocycles. The third kappa shape index (κ3) is 2.18. The topological polar surface area (TPSA) is 38.8 Å². The van der Waals surface area contributed by atoms with Gasteiger partial charge >= 0.3 is 5.97 Å². The van der Waals surface area contributed by atoms with Crippen LogP contribution in [0, 0.1) is 5.92 Å². The summed E-state index contributed by atoms with van der Waals surface area (Å²) < 4.78 is 11.2. The second-order valence-electron chi connectivity index (χ2n) is 5.96. The molecule has 20 heavy (non-hydrogen) atoms. The first-order chi connectivity index (χ1) is 9.58. The normalized spacial score (nSPS) is 28.7. The van der Waals surface area contributed by atoms with Gasteiger partial charge in [0.25, 0.3) is 0 Å². The third-order valence-electron chi connectivity index (χ3n) is 4.22. The highest BCUT2D eigenvalue weighted by Gasteiger charge is 2.46. The van der Waals surface area contributed by atoms with Gasteiger partial charge in [0.05, 0.1) is 12.7 Å². The van der Waals surface area contributed by atoms with Crippen LogP contribution in [0.1, 0.15) is 31.9 Å². The van der Waals surface area contributed by atoms with Crippen LogP contribution in [0.4, 0.5) is 0 Å². The molecule has 0 spiro atoms. The minimum atomic E-state index is -0.165. The Kier molecular flexibility index (Phi) is 3.42. The van der Waals surface area contributed by atoms with Crippen molar-refractivity contribution in [2.24, 2.45) is 5.92 Å². The first-order valence-corrected chi connectivity index (χ1v) is 7.22. The van der Waals surface area contributed by atoms with Gasteiger partial charge in [-0.25, -0.2) is 0 Å². The molecule has 4 nitrogen and oxygen atoms in total. The van der Waals surface area contributed by atoms with E-state index in [1.54, 1.807) is 0 Å². The van der Waals surface area contributed by atoms with E-state index < -0.39 is 0 Å². The summed E-state index contributed by atoms with van der Waals surface area (Å²) in [5, 5.41) is 0. The molecule has 1 aromatic carbocycles. The van der Waals surface area contributed by atoms with E-state index in [0.29, 0.717) is 12.5 Å². The fourth-order valence-corrected chi connectivity index (χ4v) is 3.37. The number of rotatable bonds is 2. The first-order valence-electron chi connectivity index (χ1n) is 7.22. The Balaban J connectivity index is 1.85. The van der Waals surface area contributed by atoms with Crippen molar-refractivity contribution in [1.82, 2.24) is 4.90 Å². The van der Waals surface area contributed by atoms with Crippen LogP contribution in [-0.2, 0) is 9.53 Å². The Hall–Kier alpha value is -1.55. The maximum absolute atomic E-state index is 12.2. The van der Waals surface area contributed by atoms with E-state index in [2.05, 4.69) is 11.0 Å². The number of fused-ring (bicyclic) bond motifs is 3. The van der Waals surface area contributed by atoms with Crippen LogP contribution in [0.15, 0.2) is 24.3 Å². The molecule has 1 saturated heterocycles. The second kappa shape index (κ2) is 5.09. The van der Waals surface area contributed by atoms with Gasteiger partial charge in [-0.2, -0.15) is 0 Å². The van der Waals surface area contributed by atoms with Crippen molar-refractivity contribution >= 4 is 5.97 Å². The lowest BCUT2D eigenvalue weighted by Crippen LogP contribution is -2.37. The summed E-state index contributed by atoms with van der Waals surface area (Å²) in [5.74, 6) is 1.19. The maximum Gasteiger partial charge on any atom is 0.323 e. The molecule has 1 fully saturated rings. The number of hydrogen-bond acceptors (Lipinski definition) is 4. The molecule has 0 aromatic heterocycles. The number of benzene rings is 1. The monoisotopic (exact) mass is 275 g/mol. The summed E-state index contributed by atoms with van der Waals surface area (Å²) in [6.45, 7) is 4.45. The minimum absolute atomic E-state index is 0.0675. The molecule has 2 aliphatic rings. The average molecular weight is 275 g/mol. The number of likely N-dealkylation sites (tertiary alicyclic amines) is 1. The van der Waals surface area contributed by atoms with E-state index in [0.717, 1.165) is 12.2 Å². The van der Waals surface area contributed by atoms with Crippen molar-refractivity contribution in [2.75, 3.05) is 13.7 Å². The molecule has 0 radical (unpaired) electrons. The number of esters is 1. The van der Waals surface area contributed by atoms with Crippen molar-refractivity contribution < 1.29 is 14.3 Å². The van der Waals surface area contributed by atoms with Gasteiger partial charge in [0.1, 0.15) is 11.8 Å². The van der Waals surface area contributed by atoms with Gasteiger partial charge < -0.3 is 9.47 Å². The van der Waals surface area contributed by atoms with Gasteiger partial charge in [-0.3, -0.25) is 9.69 Å². The van der Waals surface area contributed by atoms with Crippen molar-refractivity contribution in [2.45, 2.75) is 38.5 Å². The summed E-state index contributed by atoms with van der Waals surface area (Å²) >= 11 is 0. The zero-order chi connectivity index (χ0) is 14.3. The summed E-state index contributed by atoms with van der Waals surface area (Å²) in [5.41, 5.74) is 1.19. The van der Waals surface area contributed by atoms with Crippen molar-refractivity contribution in [3.8, 4) is 5.75 Å². The molecular weight excluding hydrogens is 254 g/mol. The molecule has 0 N–H and O–H groups in total. The van der Waals surface area contributed by atoms with E-state index in [1.807, 2.05) is 39.1 Å². The highest BCUT2D eigenvalue weighted by Crippen LogP contribution is 2.46. The van der Waals surface area contributed by atoms with E-state index >= 15 is 0 Å². The fraction of sp³-hybridized carbons (Fsp3) is 0.562. The molecule has 0 saturated carbocycles. The number of hydrogen-bond donors (Lipinski definition) is 0. The lowest BCUT2D eigenvalue weighted by atomic mass is 9.91. The molecule has 2 aliphatic heterocycles. The first kappa shape index (κ1) is 13.4. The molecule has 0 bridgehead atoms. The Bertz CT molecular complexity index is 514. The molecule has 2 unspecified atom stereocenters. The van der Waals surface area contributed by atoms with Crippen molar-refractivity contribution in [1.29, 1.82) is 0 Å². The van der Waals surface area contributed by atoms with Crippen LogP contribution in [0.25, 0.3) is 0 Å². The van der Waals surface area contributed by atoms with Crippen LogP contribution in [0.5, 0.6) is 5.75 Å².